The van der Waals surface area contributed by atoms with E-state index in [0.29, 0.717) is 5.56 Å². The van der Waals surface area contributed by atoms with E-state index in [1.807, 2.05) is 0 Å². The average molecular weight is 423 g/mol. The Balaban J connectivity index is 1.98. The highest BCUT2D eigenvalue weighted by Gasteiger charge is 2.30. The van der Waals surface area contributed by atoms with Crippen LogP contribution in [0.15, 0.2) is 58.3 Å². The lowest BCUT2D eigenvalue weighted by atomic mass is 10.2. The third-order valence-electron chi connectivity index (χ3n) is 3.98. The highest BCUT2D eigenvalue weighted by molar-refractivity contribution is 7.71. The Bertz CT molecular complexity index is 1180. The van der Waals surface area contributed by atoms with Gasteiger partial charge in [-0.15, -0.1) is 0 Å². The number of alkyl halides is 3. The summed E-state index contributed by atoms with van der Waals surface area (Å²) >= 11 is 5.05. The maximum Gasteiger partial charge on any atom is 0.416 e. The Morgan fingerprint density at radius 2 is 1.86 bits per heavy atom. The number of hydrogen-bond acceptors (Lipinski definition) is 4. The number of aromatic nitrogens is 2. The van der Waals surface area contributed by atoms with Crippen LogP contribution in [0.5, 0.6) is 5.88 Å². The van der Waals surface area contributed by atoms with Crippen molar-refractivity contribution in [3.63, 3.8) is 0 Å². The molecule has 0 saturated carbocycles. The van der Waals surface area contributed by atoms with Gasteiger partial charge < -0.3 is 5.11 Å². The SMILES string of the molecule is O=c1[nH]c(=S)n(Cc2ccc(F)cc2)c(O)c1C=Nc1cccc(C(F)(F)F)c1. The second kappa shape index (κ2) is 8.00. The zero-order valence-corrected chi connectivity index (χ0v) is 15.4. The van der Waals surface area contributed by atoms with Crippen LogP contribution in [0.2, 0.25) is 0 Å². The predicted molar refractivity (Wildman–Crippen MR) is 102 cm³/mol. The fraction of sp³-hybridized carbons (Fsp3) is 0.105. The normalized spacial score (nSPS) is 11.9. The van der Waals surface area contributed by atoms with Gasteiger partial charge in [-0.1, -0.05) is 18.2 Å². The first-order valence-electron chi connectivity index (χ1n) is 8.17. The first-order valence-corrected chi connectivity index (χ1v) is 8.58. The number of aromatic amines is 1. The van der Waals surface area contributed by atoms with Crippen molar-refractivity contribution in [2.75, 3.05) is 0 Å². The molecule has 10 heteroatoms. The number of hydrogen-bond donors (Lipinski definition) is 2. The summed E-state index contributed by atoms with van der Waals surface area (Å²) in [5.41, 5.74) is -1.37. The molecule has 150 valence electrons. The van der Waals surface area contributed by atoms with Gasteiger partial charge in [0.15, 0.2) is 4.77 Å². The van der Waals surface area contributed by atoms with Gasteiger partial charge in [-0.3, -0.25) is 19.3 Å². The molecule has 0 atom stereocenters. The number of rotatable bonds is 4. The van der Waals surface area contributed by atoms with Crippen LogP contribution in [0, 0.1) is 10.6 Å². The predicted octanol–water partition coefficient (Wildman–Crippen LogP) is 4.57. The minimum Gasteiger partial charge on any atom is -0.494 e. The van der Waals surface area contributed by atoms with Crippen LogP contribution in [-0.2, 0) is 12.7 Å². The molecule has 29 heavy (non-hydrogen) atoms. The molecule has 0 spiro atoms. The molecular formula is C19H13F4N3O2S. The van der Waals surface area contributed by atoms with Crippen molar-refractivity contribution in [2.45, 2.75) is 12.7 Å². The van der Waals surface area contributed by atoms with Gasteiger partial charge in [0.05, 0.1) is 17.8 Å². The minimum atomic E-state index is -4.53. The van der Waals surface area contributed by atoms with Crippen LogP contribution >= 0.6 is 12.2 Å². The first kappa shape index (κ1) is 20.5. The fourth-order valence-electron chi connectivity index (χ4n) is 2.51. The smallest absolute Gasteiger partial charge is 0.416 e. The Morgan fingerprint density at radius 1 is 1.17 bits per heavy atom. The van der Waals surface area contributed by atoms with E-state index >= 15 is 0 Å². The van der Waals surface area contributed by atoms with Gasteiger partial charge in [0.1, 0.15) is 11.4 Å². The molecule has 3 aromatic rings. The fourth-order valence-corrected chi connectivity index (χ4v) is 2.76. The molecular weight excluding hydrogens is 410 g/mol. The Morgan fingerprint density at radius 3 is 2.52 bits per heavy atom. The summed E-state index contributed by atoms with van der Waals surface area (Å²) in [6, 6.07) is 9.65. The molecule has 3 rings (SSSR count). The molecule has 2 aromatic carbocycles. The number of nitrogens with one attached hydrogen (secondary N) is 1. The van der Waals surface area contributed by atoms with Gasteiger partial charge in [0.25, 0.3) is 5.56 Å². The Labute approximate surface area is 166 Å². The molecule has 0 radical (unpaired) electrons. The van der Waals surface area contributed by atoms with E-state index in [1.54, 1.807) is 0 Å². The van der Waals surface area contributed by atoms with Gasteiger partial charge in [-0.2, -0.15) is 13.2 Å². The third kappa shape index (κ3) is 4.77. The topological polar surface area (TPSA) is 70.4 Å². The lowest BCUT2D eigenvalue weighted by Crippen LogP contribution is -2.19. The summed E-state index contributed by atoms with van der Waals surface area (Å²) < 4.78 is 52.6. The van der Waals surface area contributed by atoms with Crippen LogP contribution < -0.4 is 5.56 Å². The number of halogens is 4. The van der Waals surface area contributed by atoms with Crippen LogP contribution in [0.25, 0.3) is 0 Å². The van der Waals surface area contributed by atoms with Crippen molar-refractivity contribution in [1.82, 2.24) is 9.55 Å². The monoisotopic (exact) mass is 423 g/mol. The molecule has 0 aliphatic carbocycles. The van der Waals surface area contributed by atoms with Crippen molar-refractivity contribution in [3.05, 3.63) is 86.2 Å². The van der Waals surface area contributed by atoms with E-state index in [4.69, 9.17) is 12.2 Å². The number of aromatic hydroxyl groups is 1. The molecule has 1 aromatic heterocycles. The Hall–Kier alpha value is -3.27. The molecule has 0 saturated heterocycles. The third-order valence-corrected chi connectivity index (χ3v) is 4.30. The molecule has 0 fully saturated rings. The van der Waals surface area contributed by atoms with Gasteiger partial charge in [-0.25, -0.2) is 4.39 Å². The van der Waals surface area contributed by atoms with Gasteiger partial charge >= 0.3 is 6.18 Å². The molecule has 2 N–H and O–H groups in total. The van der Waals surface area contributed by atoms with E-state index in [9.17, 15) is 27.5 Å². The second-order valence-electron chi connectivity index (χ2n) is 6.02. The summed E-state index contributed by atoms with van der Waals surface area (Å²) in [7, 11) is 0. The lowest BCUT2D eigenvalue weighted by Gasteiger charge is -2.11. The zero-order valence-electron chi connectivity index (χ0n) is 14.6. The van der Waals surface area contributed by atoms with Crippen LogP contribution in [0.3, 0.4) is 0 Å². The van der Waals surface area contributed by atoms with Crippen LogP contribution in [-0.4, -0.2) is 20.9 Å². The number of H-pyrrole nitrogens is 1. The van der Waals surface area contributed by atoms with Crippen molar-refractivity contribution in [1.29, 1.82) is 0 Å². The van der Waals surface area contributed by atoms with Crippen LogP contribution in [0.1, 0.15) is 16.7 Å². The van der Waals surface area contributed by atoms with E-state index in [2.05, 4.69) is 9.98 Å². The maximum absolute atomic E-state index is 13.1. The standard InChI is InChI=1S/C19H13F4N3O2S/c20-13-6-4-11(5-7-13)10-26-17(28)15(16(27)25-18(26)29)9-24-14-3-1-2-12(8-14)19(21,22)23/h1-9,28H,10H2,(H,25,27,29). The molecule has 5 nitrogen and oxygen atoms in total. The molecule has 0 amide bonds. The summed E-state index contributed by atoms with van der Waals surface area (Å²) in [5, 5.41) is 10.5. The number of benzene rings is 2. The molecule has 0 unspecified atom stereocenters. The van der Waals surface area contributed by atoms with E-state index in [-0.39, 0.29) is 22.6 Å². The maximum atomic E-state index is 13.1. The van der Waals surface area contributed by atoms with E-state index < -0.39 is 29.0 Å². The first-order chi connectivity index (χ1) is 13.6. The largest absolute Gasteiger partial charge is 0.494 e. The summed E-state index contributed by atoms with van der Waals surface area (Å²) in [5.74, 6) is -0.948. The average Bonchev–Trinajstić information content (AvgIpc) is 2.66. The van der Waals surface area contributed by atoms with E-state index in [1.165, 1.54) is 41.0 Å². The molecule has 1 heterocycles. The summed E-state index contributed by atoms with van der Waals surface area (Å²) in [6.07, 6.45) is -3.58. The van der Waals surface area contributed by atoms with Crippen molar-refractivity contribution in [2.24, 2.45) is 4.99 Å². The quantitative estimate of drug-likeness (QED) is 0.367. The van der Waals surface area contributed by atoms with Crippen molar-refractivity contribution in [3.8, 4) is 5.88 Å². The Kier molecular flexibility index (Phi) is 5.64. The highest BCUT2D eigenvalue weighted by atomic mass is 32.1. The highest BCUT2D eigenvalue weighted by Crippen LogP contribution is 2.31. The zero-order chi connectivity index (χ0) is 21.2. The van der Waals surface area contributed by atoms with Gasteiger partial charge in [0, 0.05) is 6.21 Å². The van der Waals surface area contributed by atoms with Crippen molar-refractivity contribution < 1.29 is 22.7 Å². The molecule has 0 bridgehead atoms. The van der Waals surface area contributed by atoms with Gasteiger partial charge in [0.2, 0.25) is 5.88 Å². The molecule has 0 aliphatic heterocycles. The summed E-state index contributed by atoms with van der Waals surface area (Å²) in [6.45, 7) is 0.0339. The second-order valence-corrected chi connectivity index (χ2v) is 6.40. The van der Waals surface area contributed by atoms with Crippen LogP contribution in [0.4, 0.5) is 23.2 Å². The number of aliphatic imine (C=N–C) groups is 1. The molecule has 0 aliphatic rings. The lowest BCUT2D eigenvalue weighted by molar-refractivity contribution is -0.137. The van der Waals surface area contributed by atoms with Gasteiger partial charge in [-0.05, 0) is 48.1 Å². The van der Waals surface area contributed by atoms with Crippen molar-refractivity contribution >= 4 is 24.1 Å². The summed E-state index contributed by atoms with van der Waals surface area (Å²) in [4.78, 5) is 18.4. The minimum absolute atomic E-state index is 0.0339. The number of nitrogens with zero attached hydrogens (tertiary/aromatic N) is 2. The van der Waals surface area contributed by atoms with E-state index in [0.717, 1.165) is 18.3 Å².